The van der Waals surface area contributed by atoms with Crippen LogP contribution in [0.5, 0.6) is 0 Å². The van der Waals surface area contributed by atoms with Crippen molar-refractivity contribution in [1.82, 2.24) is 4.72 Å². The van der Waals surface area contributed by atoms with Crippen molar-refractivity contribution in [3.05, 3.63) is 23.2 Å². The highest BCUT2D eigenvalue weighted by atomic mass is 35.5. The number of hydrogen-bond acceptors (Lipinski definition) is 3. The minimum absolute atomic E-state index is 0.0579. The van der Waals surface area contributed by atoms with E-state index in [0.717, 1.165) is 12.8 Å². The molecular weight excluding hydrogens is 272 g/mol. The Kier molecular flexibility index (Phi) is 4.64. The van der Waals surface area contributed by atoms with Gasteiger partial charge in [-0.05, 0) is 38.5 Å². The molecule has 0 amide bonds. The minimum Gasteiger partial charge on any atom is -0.399 e. The van der Waals surface area contributed by atoms with E-state index in [0.29, 0.717) is 5.69 Å². The highest BCUT2D eigenvalue weighted by molar-refractivity contribution is 7.89. The fourth-order valence-electron chi connectivity index (χ4n) is 1.83. The smallest absolute Gasteiger partial charge is 0.242 e. The van der Waals surface area contributed by atoms with Gasteiger partial charge in [0.2, 0.25) is 10.0 Å². The lowest BCUT2D eigenvalue weighted by Crippen LogP contribution is -2.43. The number of nitrogen functional groups attached to an aromatic ring is 1. The molecule has 0 heterocycles. The number of hydrogen-bond donors (Lipinski definition) is 2. The zero-order chi connectivity index (χ0) is 14.0. The molecule has 0 radical (unpaired) electrons. The first kappa shape index (κ1) is 15.3. The molecule has 18 heavy (non-hydrogen) atoms. The van der Waals surface area contributed by atoms with Crippen LogP contribution in [-0.4, -0.2) is 14.0 Å². The van der Waals surface area contributed by atoms with Crippen molar-refractivity contribution < 1.29 is 8.42 Å². The Morgan fingerprint density at radius 2 is 2.00 bits per heavy atom. The Hall–Kier alpha value is -0.780. The van der Waals surface area contributed by atoms with Gasteiger partial charge in [-0.15, -0.1) is 0 Å². The van der Waals surface area contributed by atoms with Crippen molar-refractivity contribution in [3.63, 3.8) is 0 Å². The summed E-state index contributed by atoms with van der Waals surface area (Å²) in [6.07, 6.45) is 1.64. The van der Waals surface area contributed by atoms with Gasteiger partial charge in [0.15, 0.2) is 0 Å². The van der Waals surface area contributed by atoms with E-state index in [-0.39, 0.29) is 9.92 Å². The lowest BCUT2D eigenvalue weighted by Gasteiger charge is -2.25. The predicted molar refractivity (Wildman–Crippen MR) is 75.2 cm³/mol. The molecule has 0 saturated heterocycles. The Labute approximate surface area is 114 Å². The summed E-state index contributed by atoms with van der Waals surface area (Å²) in [6.45, 7) is 5.70. The molecule has 3 N–H and O–H groups in total. The first-order valence-electron chi connectivity index (χ1n) is 5.77. The summed E-state index contributed by atoms with van der Waals surface area (Å²) in [5.41, 5.74) is 5.48. The van der Waals surface area contributed by atoms with Crippen molar-refractivity contribution in [2.24, 2.45) is 0 Å². The van der Waals surface area contributed by atoms with Gasteiger partial charge < -0.3 is 5.73 Å². The van der Waals surface area contributed by atoms with Gasteiger partial charge in [-0.3, -0.25) is 0 Å². The van der Waals surface area contributed by atoms with E-state index in [1.54, 1.807) is 0 Å². The molecule has 0 aromatic heterocycles. The zero-order valence-corrected chi connectivity index (χ0v) is 12.4. The SMILES string of the molecule is CCCC(C)(C)NS(=O)(=O)c1ccc(N)cc1Cl. The lowest BCUT2D eigenvalue weighted by atomic mass is 10.0. The Morgan fingerprint density at radius 3 is 2.50 bits per heavy atom. The van der Waals surface area contributed by atoms with Crippen molar-refractivity contribution in [2.45, 2.75) is 44.0 Å². The van der Waals surface area contributed by atoms with Crippen LogP contribution in [0, 0.1) is 0 Å². The van der Waals surface area contributed by atoms with Crippen LogP contribution < -0.4 is 10.5 Å². The van der Waals surface area contributed by atoms with Crippen molar-refractivity contribution >= 4 is 27.3 Å². The van der Waals surface area contributed by atoms with Crippen molar-refractivity contribution in [3.8, 4) is 0 Å². The van der Waals surface area contributed by atoms with Gasteiger partial charge in [-0.1, -0.05) is 24.9 Å². The molecule has 0 aliphatic carbocycles. The molecule has 4 nitrogen and oxygen atoms in total. The summed E-state index contributed by atoms with van der Waals surface area (Å²) in [7, 11) is -3.63. The standard InChI is InChI=1S/C12H19ClN2O2S/c1-4-7-12(2,3)15-18(16,17)11-6-5-9(14)8-10(11)13/h5-6,8,15H,4,7,14H2,1-3H3. The summed E-state index contributed by atoms with van der Waals surface area (Å²) in [5, 5.41) is 0.134. The Bertz CT molecular complexity index is 527. The Morgan fingerprint density at radius 1 is 1.39 bits per heavy atom. The van der Waals surface area contributed by atoms with Crippen LogP contribution in [0.3, 0.4) is 0 Å². The van der Waals surface area contributed by atoms with Crippen molar-refractivity contribution in [2.75, 3.05) is 5.73 Å². The zero-order valence-electron chi connectivity index (χ0n) is 10.8. The maximum absolute atomic E-state index is 12.2. The molecule has 0 fully saturated rings. The topological polar surface area (TPSA) is 72.2 Å². The molecule has 0 saturated carbocycles. The van der Waals surface area contributed by atoms with E-state index >= 15 is 0 Å². The van der Waals surface area contributed by atoms with Crippen LogP contribution in [0.25, 0.3) is 0 Å². The van der Waals surface area contributed by atoms with Gasteiger partial charge in [0.25, 0.3) is 0 Å². The number of rotatable bonds is 5. The van der Waals surface area contributed by atoms with E-state index in [9.17, 15) is 8.42 Å². The summed E-state index contributed by atoms with van der Waals surface area (Å²) in [4.78, 5) is 0.0579. The molecule has 0 aliphatic heterocycles. The molecule has 1 rings (SSSR count). The molecule has 0 atom stereocenters. The average molecular weight is 291 g/mol. The average Bonchev–Trinajstić information content (AvgIpc) is 2.14. The molecule has 6 heteroatoms. The van der Waals surface area contributed by atoms with Crippen LogP contribution in [0.1, 0.15) is 33.6 Å². The number of halogens is 1. The van der Waals surface area contributed by atoms with E-state index in [1.807, 2.05) is 20.8 Å². The van der Waals surface area contributed by atoms with Crippen LogP contribution in [-0.2, 0) is 10.0 Å². The molecule has 0 bridgehead atoms. The molecule has 0 unspecified atom stereocenters. The maximum Gasteiger partial charge on any atom is 0.242 e. The number of sulfonamides is 1. The number of nitrogens with one attached hydrogen (secondary N) is 1. The maximum atomic E-state index is 12.2. The number of anilines is 1. The summed E-state index contributed by atoms with van der Waals surface area (Å²) >= 11 is 5.92. The van der Waals surface area contributed by atoms with Crippen LogP contribution in [0.15, 0.2) is 23.1 Å². The second-order valence-electron chi connectivity index (χ2n) is 4.93. The summed E-state index contributed by atoms with van der Waals surface area (Å²) in [6, 6.07) is 4.37. The van der Waals surface area contributed by atoms with Gasteiger partial charge in [-0.25, -0.2) is 13.1 Å². The molecule has 1 aromatic carbocycles. The van der Waals surface area contributed by atoms with E-state index in [2.05, 4.69) is 4.72 Å². The monoisotopic (exact) mass is 290 g/mol. The Balaban J connectivity index is 3.07. The fraction of sp³-hybridized carbons (Fsp3) is 0.500. The third-order valence-corrected chi connectivity index (χ3v) is 4.71. The second kappa shape index (κ2) is 5.47. The first-order chi connectivity index (χ1) is 8.18. The van der Waals surface area contributed by atoms with Gasteiger partial charge >= 0.3 is 0 Å². The highest BCUT2D eigenvalue weighted by Crippen LogP contribution is 2.25. The third kappa shape index (κ3) is 3.86. The fourth-order valence-corrected chi connectivity index (χ4v) is 3.83. The molecular formula is C12H19ClN2O2S. The molecule has 1 aromatic rings. The third-order valence-electron chi connectivity index (χ3n) is 2.53. The molecule has 0 spiro atoms. The van der Waals surface area contributed by atoms with Gasteiger partial charge in [0, 0.05) is 11.2 Å². The predicted octanol–water partition coefficient (Wildman–Crippen LogP) is 2.78. The summed E-state index contributed by atoms with van der Waals surface area (Å²) < 4.78 is 27.1. The quantitative estimate of drug-likeness (QED) is 0.819. The van der Waals surface area contributed by atoms with Crippen LogP contribution in [0.4, 0.5) is 5.69 Å². The number of nitrogens with two attached hydrogens (primary N) is 1. The van der Waals surface area contributed by atoms with Gasteiger partial charge in [-0.2, -0.15) is 0 Å². The van der Waals surface area contributed by atoms with E-state index in [1.165, 1.54) is 18.2 Å². The van der Waals surface area contributed by atoms with Crippen LogP contribution >= 0.6 is 11.6 Å². The normalized spacial score (nSPS) is 12.7. The second-order valence-corrected chi connectivity index (χ2v) is 6.99. The number of benzene rings is 1. The van der Waals surface area contributed by atoms with Gasteiger partial charge in [0.05, 0.1) is 5.02 Å². The molecule has 102 valence electrons. The largest absolute Gasteiger partial charge is 0.399 e. The van der Waals surface area contributed by atoms with E-state index in [4.69, 9.17) is 17.3 Å². The summed E-state index contributed by atoms with van der Waals surface area (Å²) in [5.74, 6) is 0. The highest BCUT2D eigenvalue weighted by Gasteiger charge is 2.26. The van der Waals surface area contributed by atoms with Crippen LogP contribution in [0.2, 0.25) is 5.02 Å². The minimum atomic E-state index is -3.63. The first-order valence-corrected chi connectivity index (χ1v) is 7.63. The van der Waals surface area contributed by atoms with Crippen molar-refractivity contribution in [1.29, 1.82) is 0 Å². The van der Waals surface area contributed by atoms with E-state index < -0.39 is 15.6 Å². The lowest BCUT2D eigenvalue weighted by molar-refractivity contribution is 0.418. The molecule has 0 aliphatic rings. The van der Waals surface area contributed by atoms with Gasteiger partial charge in [0.1, 0.15) is 4.90 Å².